The number of likely N-dealkylation sites (tertiary alicyclic amines) is 2. The van der Waals surface area contributed by atoms with Crippen LogP contribution in [0.4, 0.5) is 0 Å². The molecule has 5 atom stereocenters. The van der Waals surface area contributed by atoms with E-state index in [9.17, 15) is 9.90 Å². The molecule has 0 radical (unpaired) electrons. The first-order chi connectivity index (χ1) is 13.9. The summed E-state index contributed by atoms with van der Waals surface area (Å²) < 4.78 is 17.4. The minimum atomic E-state index is -0.945. The van der Waals surface area contributed by atoms with Gasteiger partial charge in [-0.05, 0) is 52.6 Å². The number of fused-ring (bicyclic) bond motifs is 1. The van der Waals surface area contributed by atoms with Crippen molar-refractivity contribution in [3.05, 3.63) is 0 Å². The molecule has 0 aromatic carbocycles. The van der Waals surface area contributed by atoms with E-state index in [0.29, 0.717) is 25.7 Å². The third-order valence-corrected chi connectivity index (χ3v) is 6.42. The van der Waals surface area contributed by atoms with Crippen LogP contribution in [0.5, 0.6) is 0 Å². The number of ether oxygens (including phenoxy) is 3. The molecule has 0 aromatic heterocycles. The average Bonchev–Trinajstić information content (AvgIpc) is 3.36. The number of nitrogens with one attached hydrogen (secondary N) is 1. The zero-order valence-corrected chi connectivity index (χ0v) is 17.2. The van der Waals surface area contributed by atoms with E-state index in [1.807, 2.05) is 13.8 Å². The van der Waals surface area contributed by atoms with E-state index in [2.05, 4.69) is 16.3 Å². The van der Waals surface area contributed by atoms with Crippen LogP contribution in [0.2, 0.25) is 0 Å². The molecule has 4 aliphatic heterocycles. The number of aliphatic hydroxyl groups excluding tert-OH is 1. The molecule has 0 spiro atoms. The third-order valence-electron chi connectivity index (χ3n) is 6.42. The first kappa shape index (κ1) is 21.0. The van der Waals surface area contributed by atoms with Gasteiger partial charge in [0, 0.05) is 19.1 Å². The predicted molar refractivity (Wildman–Crippen MR) is 103 cm³/mol. The van der Waals surface area contributed by atoms with E-state index in [0.717, 1.165) is 38.8 Å². The molecule has 29 heavy (non-hydrogen) atoms. The molecule has 4 saturated heterocycles. The van der Waals surface area contributed by atoms with Crippen molar-refractivity contribution in [2.24, 2.45) is 0 Å². The van der Waals surface area contributed by atoms with Gasteiger partial charge in [-0.15, -0.1) is 0 Å². The Morgan fingerprint density at radius 2 is 1.93 bits per heavy atom. The molecule has 0 aliphatic carbocycles. The van der Waals surface area contributed by atoms with E-state index < -0.39 is 18.2 Å². The molecule has 0 bridgehead atoms. The summed E-state index contributed by atoms with van der Waals surface area (Å²) in [5.41, 5.74) is 0. The Labute approximate surface area is 171 Å². The van der Waals surface area contributed by atoms with Crippen molar-refractivity contribution in [1.82, 2.24) is 15.1 Å². The van der Waals surface area contributed by atoms with Gasteiger partial charge in [0.1, 0.15) is 24.4 Å². The molecule has 4 heterocycles. The second kappa shape index (κ2) is 8.46. The lowest BCUT2D eigenvalue weighted by Gasteiger charge is -2.34. The van der Waals surface area contributed by atoms with Gasteiger partial charge >= 0.3 is 0 Å². The predicted octanol–water partition coefficient (Wildman–Crippen LogP) is -0.208. The molecule has 4 aliphatic rings. The molecule has 162 valence electrons. The summed E-state index contributed by atoms with van der Waals surface area (Å²) in [6.45, 7) is 7.19. The van der Waals surface area contributed by atoms with Crippen LogP contribution in [0.3, 0.4) is 0 Å². The van der Waals surface area contributed by atoms with E-state index in [4.69, 9.17) is 19.5 Å². The van der Waals surface area contributed by atoms with Crippen LogP contribution >= 0.6 is 0 Å². The van der Waals surface area contributed by atoms with Crippen molar-refractivity contribution in [2.75, 3.05) is 32.7 Å². The lowest BCUT2D eigenvalue weighted by Crippen LogP contribution is -2.49. The third kappa shape index (κ3) is 4.58. The number of rotatable bonds is 5. The van der Waals surface area contributed by atoms with Crippen LogP contribution in [-0.4, -0.2) is 96.0 Å². The fourth-order valence-electron chi connectivity index (χ4n) is 4.91. The Morgan fingerprint density at radius 1 is 1.21 bits per heavy atom. The Balaban J connectivity index is 1.19. The molecule has 9 heteroatoms. The molecular formula is C20H32N4O5. The number of carbonyl (C=O) groups excluding carboxylic acids is 1. The minimum absolute atomic E-state index is 0.0249. The van der Waals surface area contributed by atoms with E-state index >= 15 is 0 Å². The maximum Gasteiger partial charge on any atom is 0.237 e. The summed E-state index contributed by atoms with van der Waals surface area (Å²) in [5.74, 6) is -0.668. The summed E-state index contributed by atoms with van der Waals surface area (Å²) in [6, 6.07) is 2.26. The zero-order chi connectivity index (χ0) is 20.6. The van der Waals surface area contributed by atoms with E-state index in [1.54, 1.807) is 4.90 Å². The fourth-order valence-corrected chi connectivity index (χ4v) is 4.91. The van der Waals surface area contributed by atoms with Gasteiger partial charge in [-0.25, -0.2) is 0 Å². The van der Waals surface area contributed by atoms with Crippen LogP contribution in [0, 0.1) is 11.3 Å². The monoisotopic (exact) mass is 408 g/mol. The number of carbonyl (C=O) groups is 1. The Bertz CT molecular complexity index is 645. The van der Waals surface area contributed by atoms with Gasteiger partial charge in [-0.1, -0.05) is 0 Å². The maximum atomic E-state index is 12.4. The molecule has 0 aromatic rings. The molecular weight excluding hydrogens is 376 g/mol. The lowest BCUT2D eigenvalue weighted by molar-refractivity contribution is -0.221. The van der Waals surface area contributed by atoms with Crippen molar-refractivity contribution in [3.63, 3.8) is 0 Å². The van der Waals surface area contributed by atoms with Gasteiger partial charge in [0.05, 0.1) is 12.6 Å². The van der Waals surface area contributed by atoms with Gasteiger partial charge < -0.3 is 34.4 Å². The van der Waals surface area contributed by atoms with Gasteiger partial charge in [0.25, 0.3) is 0 Å². The van der Waals surface area contributed by atoms with E-state index in [-0.39, 0.29) is 24.2 Å². The largest absolute Gasteiger partial charge is 0.366 e. The molecule has 4 fully saturated rings. The second-order valence-electron chi connectivity index (χ2n) is 8.96. The van der Waals surface area contributed by atoms with E-state index in [1.165, 1.54) is 0 Å². The Kier molecular flexibility index (Phi) is 6.11. The minimum Gasteiger partial charge on any atom is -0.366 e. The fraction of sp³-hybridized carbons (Fsp3) is 0.900. The number of nitrogens with zero attached hydrogens (tertiary/aromatic N) is 3. The molecule has 2 N–H and O–H groups in total. The van der Waals surface area contributed by atoms with Gasteiger partial charge in [-0.3, -0.25) is 4.79 Å². The topological polar surface area (TPSA) is 107 Å². The number of amides is 1. The standard InChI is InChI=1S/C20H32N4O5/c1-20(2)28-17-15(27-19(26)18(17)29-20)12-23-8-5-13(6-9-23)22-11-16(25)24-7-3-4-14(24)10-21/h13-15,17-19,22,26H,3-9,11-12H2,1-2H3/t14-,15+,17+,18+,19+/m0/s1. The first-order valence-corrected chi connectivity index (χ1v) is 10.7. The van der Waals surface area contributed by atoms with Crippen LogP contribution in [-0.2, 0) is 19.0 Å². The highest BCUT2D eigenvalue weighted by molar-refractivity contribution is 5.79. The zero-order valence-electron chi connectivity index (χ0n) is 17.2. The number of hydrogen-bond donors (Lipinski definition) is 2. The van der Waals surface area contributed by atoms with Crippen molar-refractivity contribution in [1.29, 1.82) is 5.26 Å². The van der Waals surface area contributed by atoms with Crippen molar-refractivity contribution < 1.29 is 24.1 Å². The van der Waals surface area contributed by atoms with Gasteiger partial charge in [0.15, 0.2) is 12.1 Å². The highest BCUT2D eigenvalue weighted by Crippen LogP contribution is 2.38. The Morgan fingerprint density at radius 3 is 2.66 bits per heavy atom. The smallest absolute Gasteiger partial charge is 0.237 e. The lowest BCUT2D eigenvalue weighted by atomic mass is 10.0. The van der Waals surface area contributed by atoms with Crippen molar-refractivity contribution in [2.45, 2.75) is 82.0 Å². The van der Waals surface area contributed by atoms with Crippen molar-refractivity contribution >= 4 is 5.91 Å². The highest BCUT2D eigenvalue weighted by atomic mass is 16.8. The Hall–Kier alpha value is -1.28. The van der Waals surface area contributed by atoms with Crippen LogP contribution in [0.1, 0.15) is 39.5 Å². The van der Waals surface area contributed by atoms with Crippen LogP contribution in [0.15, 0.2) is 0 Å². The van der Waals surface area contributed by atoms with Crippen molar-refractivity contribution in [3.8, 4) is 6.07 Å². The molecule has 9 nitrogen and oxygen atoms in total. The number of hydrogen-bond acceptors (Lipinski definition) is 8. The quantitative estimate of drug-likeness (QED) is 0.644. The number of aliphatic hydroxyl groups is 1. The summed E-state index contributed by atoms with van der Waals surface area (Å²) in [7, 11) is 0. The second-order valence-corrected chi connectivity index (χ2v) is 8.96. The average molecular weight is 408 g/mol. The number of piperidine rings is 1. The van der Waals surface area contributed by atoms with Gasteiger partial charge in [0.2, 0.25) is 5.91 Å². The summed E-state index contributed by atoms with van der Waals surface area (Å²) in [6.07, 6.45) is 1.76. The molecule has 0 saturated carbocycles. The van der Waals surface area contributed by atoms with Crippen LogP contribution in [0.25, 0.3) is 0 Å². The maximum absolute atomic E-state index is 12.4. The molecule has 4 rings (SSSR count). The SMILES string of the molecule is CC1(C)O[C@@H]2[C@H](O1)[C@@H](CN1CCC(NCC(=O)N3CCC[C@H]3C#N)CC1)O[C@H]2O. The normalized spacial score (nSPS) is 37.6. The highest BCUT2D eigenvalue weighted by Gasteiger charge is 2.55. The van der Waals surface area contributed by atoms with Crippen LogP contribution < -0.4 is 5.32 Å². The summed E-state index contributed by atoms with van der Waals surface area (Å²) in [5, 5.41) is 22.6. The first-order valence-electron chi connectivity index (χ1n) is 10.7. The number of nitriles is 1. The molecule has 0 unspecified atom stereocenters. The molecule has 1 amide bonds. The van der Waals surface area contributed by atoms with Gasteiger partial charge in [-0.2, -0.15) is 5.26 Å². The summed E-state index contributed by atoms with van der Waals surface area (Å²) >= 11 is 0. The summed E-state index contributed by atoms with van der Waals surface area (Å²) in [4.78, 5) is 16.4.